The van der Waals surface area contributed by atoms with Gasteiger partial charge in [-0.05, 0) is 32.9 Å². The predicted molar refractivity (Wildman–Crippen MR) is 89.3 cm³/mol. The molecule has 1 aromatic heterocycles. The van der Waals surface area contributed by atoms with Crippen molar-refractivity contribution in [3.63, 3.8) is 0 Å². The van der Waals surface area contributed by atoms with Crippen molar-refractivity contribution < 1.29 is 4.74 Å². The third kappa shape index (κ3) is 4.29. The van der Waals surface area contributed by atoms with Crippen LogP contribution in [0.5, 0.6) is 5.75 Å². The van der Waals surface area contributed by atoms with E-state index in [1.807, 2.05) is 6.92 Å². The van der Waals surface area contributed by atoms with Crippen molar-refractivity contribution in [3.05, 3.63) is 45.4 Å². The first kappa shape index (κ1) is 16.0. The van der Waals surface area contributed by atoms with E-state index in [2.05, 4.69) is 47.7 Å². The summed E-state index contributed by atoms with van der Waals surface area (Å²) < 4.78 is 5.55. The van der Waals surface area contributed by atoms with Crippen LogP contribution in [0.2, 0.25) is 0 Å². The summed E-state index contributed by atoms with van der Waals surface area (Å²) in [7, 11) is 1.73. The molecule has 114 valence electrons. The van der Waals surface area contributed by atoms with Gasteiger partial charge in [0.1, 0.15) is 5.75 Å². The number of benzene rings is 1. The zero-order valence-electron chi connectivity index (χ0n) is 13.3. The number of aryl methyl sites for hydroxylation is 2. The van der Waals surface area contributed by atoms with Gasteiger partial charge in [0.15, 0.2) is 0 Å². The van der Waals surface area contributed by atoms with Crippen LogP contribution in [0.25, 0.3) is 0 Å². The average molecular weight is 304 g/mol. The molecular formula is C17H24N2OS. The van der Waals surface area contributed by atoms with Gasteiger partial charge in [-0.3, -0.25) is 0 Å². The minimum Gasteiger partial charge on any atom is -0.496 e. The van der Waals surface area contributed by atoms with E-state index in [4.69, 9.17) is 4.74 Å². The highest BCUT2D eigenvalue weighted by atomic mass is 32.1. The van der Waals surface area contributed by atoms with Gasteiger partial charge >= 0.3 is 0 Å². The fourth-order valence-corrected chi connectivity index (χ4v) is 3.23. The van der Waals surface area contributed by atoms with Gasteiger partial charge in [0.05, 0.1) is 12.1 Å². The fourth-order valence-electron chi connectivity index (χ4n) is 2.41. The maximum absolute atomic E-state index is 5.55. The number of rotatable bonds is 7. The highest BCUT2D eigenvalue weighted by molar-refractivity contribution is 7.09. The van der Waals surface area contributed by atoms with Gasteiger partial charge in [-0.25, -0.2) is 4.98 Å². The predicted octanol–water partition coefficient (Wildman–Crippen LogP) is 4.05. The number of nitrogens with one attached hydrogen (secondary N) is 1. The Balaban J connectivity index is 2.28. The molecule has 0 saturated heterocycles. The summed E-state index contributed by atoms with van der Waals surface area (Å²) in [6, 6.07) is 6.60. The summed E-state index contributed by atoms with van der Waals surface area (Å²) in [6.45, 7) is 7.34. The molecule has 0 spiro atoms. The van der Waals surface area contributed by atoms with Crippen molar-refractivity contribution in [1.29, 1.82) is 0 Å². The molecule has 0 saturated carbocycles. The zero-order valence-corrected chi connectivity index (χ0v) is 14.1. The topological polar surface area (TPSA) is 34.2 Å². The Morgan fingerprint density at radius 3 is 2.76 bits per heavy atom. The Kier molecular flexibility index (Phi) is 5.76. The molecule has 1 aromatic carbocycles. The lowest BCUT2D eigenvalue weighted by Crippen LogP contribution is -2.24. The Bertz CT molecular complexity index is 580. The van der Waals surface area contributed by atoms with Crippen molar-refractivity contribution in [1.82, 2.24) is 10.3 Å². The maximum atomic E-state index is 5.55. The largest absolute Gasteiger partial charge is 0.496 e. The van der Waals surface area contributed by atoms with Gasteiger partial charge in [0.2, 0.25) is 0 Å². The molecule has 2 rings (SSSR count). The van der Waals surface area contributed by atoms with Gasteiger partial charge in [-0.1, -0.05) is 24.6 Å². The highest BCUT2D eigenvalue weighted by Gasteiger charge is 2.18. The standard InChI is InChI=1S/C17H24N2OS/c1-5-8-18-15(10-17-19-13(3)11-21-17)14-9-12(2)6-7-16(14)20-4/h6-7,9,11,15,18H,5,8,10H2,1-4H3. The van der Waals surface area contributed by atoms with Crippen LogP contribution in [-0.4, -0.2) is 18.6 Å². The fraction of sp³-hybridized carbons (Fsp3) is 0.471. The maximum Gasteiger partial charge on any atom is 0.123 e. The Morgan fingerprint density at radius 2 is 2.14 bits per heavy atom. The summed E-state index contributed by atoms with van der Waals surface area (Å²) in [4.78, 5) is 4.60. The van der Waals surface area contributed by atoms with Crippen molar-refractivity contribution >= 4 is 11.3 Å². The van der Waals surface area contributed by atoms with E-state index in [1.54, 1.807) is 18.4 Å². The van der Waals surface area contributed by atoms with Gasteiger partial charge < -0.3 is 10.1 Å². The molecule has 1 N–H and O–H groups in total. The second-order valence-electron chi connectivity index (χ2n) is 5.34. The molecule has 0 bridgehead atoms. The highest BCUT2D eigenvalue weighted by Crippen LogP contribution is 2.29. The van der Waals surface area contributed by atoms with Crippen molar-refractivity contribution in [2.45, 2.75) is 39.7 Å². The van der Waals surface area contributed by atoms with Crippen LogP contribution in [0.1, 0.15) is 41.2 Å². The second-order valence-corrected chi connectivity index (χ2v) is 6.28. The minimum atomic E-state index is 0.241. The van der Waals surface area contributed by atoms with Gasteiger partial charge in [-0.15, -0.1) is 11.3 Å². The molecule has 0 radical (unpaired) electrons. The van der Waals surface area contributed by atoms with E-state index in [1.165, 1.54) is 16.1 Å². The molecule has 0 aliphatic rings. The summed E-state index contributed by atoms with van der Waals surface area (Å²) in [5.41, 5.74) is 3.57. The number of ether oxygens (including phenoxy) is 1. The van der Waals surface area contributed by atoms with Crippen LogP contribution in [0.4, 0.5) is 0 Å². The van der Waals surface area contributed by atoms with E-state index < -0.39 is 0 Å². The molecule has 0 amide bonds. The number of thiazole rings is 1. The smallest absolute Gasteiger partial charge is 0.123 e. The third-order valence-corrected chi connectivity index (χ3v) is 4.44. The first-order chi connectivity index (χ1) is 10.1. The minimum absolute atomic E-state index is 0.241. The van der Waals surface area contributed by atoms with Crippen LogP contribution in [-0.2, 0) is 6.42 Å². The van der Waals surface area contributed by atoms with Crippen LogP contribution in [0, 0.1) is 13.8 Å². The molecule has 1 unspecified atom stereocenters. The molecule has 1 atom stereocenters. The summed E-state index contributed by atoms with van der Waals surface area (Å²) in [5, 5.41) is 6.91. The van der Waals surface area contributed by atoms with Crippen molar-refractivity contribution in [2.24, 2.45) is 0 Å². The third-order valence-electron chi connectivity index (χ3n) is 3.45. The summed E-state index contributed by atoms with van der Waals surface area (Å²) in [5.74, 6) is 0.947. The first-order valence-corrected chi connectivity index (χ1v) is 8.31. The van der Waals surface area contributed by atoms with E-state index in [0.29, 0.717) is 0 Å². The monoisotopic (exact) mass is 304 g/mol. The Hall–Kier alpha value is -1.39. The van der Waals surface area contributed by atoms with Gasteiger partial charge in [-0.2, -0.15) is 0 Å². The molecular weight excluding hydrogens is 280 g/mol. The van der Waals surface area contributed by atoms with Crippen LogP contribution < -0.4 is 10.1 Å². The van der Waals surface area contributed by atoms with Crippen molar-refractivity contribution in [2.75, 3.05) is 13.7 Å². The quantitative estimate of drug-likeness (QED) is 0.838. The summed E-state index contributed by atoms with van der Waals surface area (Å²) >= 11 is 1.73. The van der Waals surface area contributed by atoms with Gasteiger partial charge in [0, 0.05) is 29.1 Å². The van der Waals surface area contributed by atoms with E-state index in [0.717, 1.165) is 30.8 Å². The number of nitrogens with zero attached hydrogens (tertiary/aromatic N) is 1. The Morgan fingerprint density at radius 1 is 1.33 bits per heavy atom. The van der Waals surface area contributed by atoms with Crippen LogP contribution in [0.3, 0.4) is 0 Å². The van der Waals surface area contributed by atoms with E-state index in [9.17, 15) is 0 Å². The van der Waals surface area contributed by atoms with E-state index >= 15 is 0 Å². The van der Waals surface area contributed by atoms with Crippen molar-refractivity contribution in [3.8, 4) is 5.75 Å². The number of hydrogen-bond acceptors (Lipinski definition) is 4. The first-order valence-electron chi connectivity index (χ1n) is 7.43. The molecule has 0 aliphatic carbocycles. The van der Waals surface area contributed by atoms with Gasteiger partial charge in [0.25, 0.3) is 0 Å². The zero-order chi connectivity index (χ0) is 15.2. The number of hydrogen-bond donors (Lipinski definition) is 1. The molecule has 4 heteroatoms. The van der Waals surface area contributed by atoms with E-state index in [-0.39, 0.29) is 6.04 Å². The average Bonchev–Trinajstić information content (AvgIpc) is 2.88. The molecule has 3 nitrogen and oxygen atoms in total. The lowest BCUT2D eigenvalue weighted by Gasteiger charge is -2.21. The number of methoxy groups -OCH3 is 1. The molecule has 0 aliphatic heterocycles. The SMILES string of the molecule is CCCNC(Cc1nc(C)cs1)c1cc(C)ccc1OC. The van der Waals surface area contributed by atoms with Crippen LogP contribution >= 0.6 is 11.3 Å². The van der Waals surface area contributed by atoms with Crippen LogP contribution in [0.15, 0.2) is 23.6 Å². The Labute approximate surface area is 131 Å². The lowest BCUT2D eigenvalue weighted by molar-refractivity contribution is 0.398. The molecule has 21 heavy (non-hydrogen) atoms. The number of aromatic nitrogens is 1. The summed E-state index contributed by atoms with van der Waals surface area (Å²) in [6.07, 6.45) is 2.01. The normalized spacial score (nSPS) is 12.4. The molecule has 2 aromatic rings. The molecule has 0 fully saturated rings. The second kappa shape index (κ2) is 7.57. The lowest BCUT2D eigenvalue weighted by atomic mass is 10.0. The molecule has 1 heterocycles.